The Kier molecular flexibility index (Phi) is 4.79. The average molecular weight is 364 g/mol. The van der Waals surface area contributed by atoms with Crippen LogP contribution in [0.15, 0.2) is 37.4 Å². The standard InChI is InChI=1S/C11H16Br2N4/c12-1-3-14-5-7-16(9-14)11-17-8-6-15(10-17)4-2-13/h5-10H,1-4,11H2/q+2. The molecular formula is C11H16Br2N4+2. The summed E-state index contributed by atoms with van der Waals surface area (Å²) in [5.74, 6) is 0. The molecule has 0 aromatic carbocycles. The third kappa shape index (κ3) is 3.67. The molecule has 6 heteroatoms. The van der Waals surface area contributed by atoms with E-state index in [1.165, 1.54) is 0 Å². The van der Waals surface area contributed by atoms with Crippen LogP contribution >= 0.6 is 31.9 Å². The number of hydrogen-bond donors (Lipinski definition) is 0. The number of aryl methyl sites for hydroxylation is 2. The predicted molar refractivity (Wildman–Crippen MR) is 72.2 cm³/mol. The first-order valence-corrected chi connectivity index (χ1v) is 7.77. The molecule has 0 saturated carbocycles. The fourth-order valence-corrected chi connectivity index (χ4v) is 2.51. The lowest BCUT2D eigenvalue weighted by Crippen LogP contribution is -2.49. The topological polar surface area (TPSA) is 17.6 Å². The first-order chi connectivity index (χ1) is 8.31. The molecule has 2 aromatic rings. The van der Waals surface area contributed by atoms with Crippen molar-refractivity contribution in [1.82, 2.24) is 9.13 Å². The zero-order chi connectivity index (χ0) is 12.1. The summed E-state index contributed by atoms with van der Waals surface area (Å²) in [6, 6.07) is 0. The molecule has 0 atom stereocenters. The van der Waals surface area contributed by atoms with Gasteiger partial charge < -0.3 is 0 Å². The number of alkyl halides is 2. The first-order valence-electron chi connectivity index (χ1n) is 5.53. The van der Waals surface area contributed by atoms with Gasteiger partial charge in [0, 0.05) is 10.7 Å². The average Bonchev–Trinajstić information content (AvgIpc) is 2.91. The second-order valence-corrected chi connectivity index (χ2v) is 5.44. The van der Waals surface area contributed by atoms with Gasteiger partial charge in [-0.25, -0.2) is 9.13 Å². The van der Waals surface area contributed by atoms with Gasteiger partial charge in [-0.1, -0.05) is 31.9 Å². The van der Waals surface area contributed by atoms with Gasteiger partial charge in [0.1, 0.15) is 24.8 Å². The molecule has 17 heavy (non-hydrogen) atoms. The van der Waals surface area contributed by atoms with Crippen LogP contribution in [0.2, 0.25) is 0 Å². The van der Waals surface area contributed by atoms with Gasteiger partial charge in [-0.2, -0.15) is 9.13 Å². The van der Waals surface area contributed by atoms with Crippen LogP contribution in [-0.4, -0.2) is 19.8 Å². The minimum Gasteiger partial charge on any atom is -0.236 e. The Balaban J connectivity index is 1.98. The van der Waals surface area contributed by atoms with E-state index in [4.69, 9.17) is 0 Å². The van der Waals surface area contributed by atoms with Crippen molar-refractivity contribution in [2.75, 3.05) is 10.7 Å². The third-order valence-corrected chi connectivity index (χ3v) is 3.21. The van der Waals surface area contributed by atoms with Crippen LogP contribution in [0.25, 0.3) is 0 Å². The van der Waals surface area contributed by atoms with E-state index < -0.39 is 0 Å². The second-order valence-electron chi connectivity index (χ2n) is 3.85. The van der Waals surface area contributed by atoms with Gasteiger partial charge in [0.25, 0.3) is 0 Å². The Bertz CT molecular complexity index is 421. The van der Waals surface area contributed by atoms with Crippen molar-refractivity contribution in [1.29, 1.82) is 0 Å². The number of aromatic nitrogens is 4. The van der Waals surface area contributed by atoms with Crippen LogP contribution in [0.3, 0.4) is 0 Å². The molecule has 0 saturated heterocycles. The maximum absolute atomic E-state index is 3.44. The summed E-state index contributed by atoms with van der Waals surface area (Å²) in [7, 11) is 0. The van der Waals surface area contributed by atoms with E-state index in [2.05, 4.69) is 87.6 Å². The summed E-state index contributed by atoms with van der Waals surface area (Å²) >= 11 is 6.88. The van der Waals surface area contributed by atoms with Crippen molar-refractivity contribution in [3.63, 3.8) is 0 Å². The van der Waals surface area contributed by atoms with Crippen LogP contribution in [0, 0.1) is 0 Å². The van der Waals surface area contributed by atoms with Crippen LogP contribution in [0.1, 0.15) is 0 Å². The highest BCUT2D eigenvalue weighted by Gasteiger charge is 2.08. The summed E-state index contributed by atoms with van der Waals surface area (Å²) < 4.78 is 8.68. The van der Waals surface area contributed by atoms with Crippen LogP contribution in [-0.2, 0) is 19.8 Å². The quantitative estimate of drug-likeness (QED) is 0.541. The normalized spacial score (nSPS) is 10.9. The molecule has 92 valence electrons. The molecule has 2 rings (SSSR count). The van der Waals surface area contributed by atoms with E-state index in [9.17, 15) is 0 Å². The minimum absolute atomic E-state index is 0.852. The third-order valence-electron chi connectivity index (χ3n) is 2.50. The highest BCUT2D eigenvalue weighted by molar-refractivity contribution is 9.09. The van der Waals surface area contributed by atoms with E-state index in [-0.39, 0.29) is 0 Å². The molecule has 0 bridgehead atoms. The lowest BCUT2D eigenvalue weighted by molar-refractivity contribution is -0.912. The van der Waals surface area contributed by atoms with Crippen molar-refractivity contribution < 1.29 is 9.13 Å². The number of halogens is 2. The molecule has 4 nitrogen and oxygen atoms in total. The van der Waals surface area contributed by atoms with E-state index in [1.807, 2.05) is 0 Å². The Morgan fingerprint density at radius 3 is 1.71 bits per heavy atom. The molecule has 2 heterocycles. The smallest absolute Gasteiger partial charge is 0.236 e. The molecule has 0 aliphatic carbocycles. The summed E-state index contributed by atoms with van der Waals surface area (Å²) in [5.41, 5.74) is 0. The highest BCUT2D eigenvalue weighted by Crippen LogP contribution is 1.90. The Hall–Kier alpha value is -0.620. The number of imidazole rings is 2. The molecule has 0 fully saturated rings. The van der Waals surface area contributed by atoms with Crippen molar-refractivity contribution in [2.45, 2.75) is 19.8 Å². The molecule has 0 N–H and O–H groups in total. The summed E-state index contributed by atoms with van der Waals surface area (Å²) in [4.78, 5) is 0. The predicted octanol–water partition coefficient (Wildman–Crippen LogP) is 1.16. The fourth-order valence-electron chi connectivity index (χ4n) is 1.69. The SMILES string of the molecule is BrCCn1cc[n+](C[n+]2ccn(CCBr)c2)c1. The highest BCUT2D eigenvalue weighted by atomic mass is 79.9. The lowest BCUT2D eigenvalue weighted by atomic mass is 10.7. The molecule has 0 unspecified atom stereocenters. The molecule has 0 aliphatic heterocycles. The molecule has 2 aromatic heterocycles. The zero-order valence-electron chi connectivity index (χ0n) is 9.54. The first kappa shape index (κ1) is 12.8. The van der Waals surface area contributed by atoms with Crippen molar-refractivity contribution in [3.8, 4) is 0 Å². The largest absolute Gasteiger partial charge is 0.247 e. The van der Waals surface area contributed by atoms with Gasteiger partial charge in [0.2, 0.25) is 19.3 Å². The Morgan fingerprint density at radius 1 is 0.824 bits per heavy atom. The lowest BCUT2D eigenvalue weighted by Gasteiger charge is -1.92. The van der Waals surface area contributed by atoms with Gasteiger partial charge in [0.05, 0.1) is 13.1 Å². The van der Waals surface area contributed by atoms with E-state index >= 15 is 0 Å². The van der Waals surface area contributed by atoms with Crippen molar-refractivity contribution >= 4 is 31.9 Å². The maximum Gasteiger partial charge on any atom is 0.247 e. The zero-order valence-corrected chi connectivity index (χ0v) is 12.7. The van der Waals surface area contributed by atoms with Crippen LogP contribution < -0.4 is 9.13 Å². The van der Waals surface area contributed by atoms with Gasteiger partial charge in [-0.15, -0.1) is 0 Å². The monoisotopic (exact) mass is 362 g/mol. The number of nitrogens with zero attached hydrogens (tertiary/aromatic N) is 4. The number of rotatable bonds is 6. The minimum atomic E-state index is 0.852. The van der Waals surface area contributed by atoms with Crippen LogP contribution in [0.4, 0.5) is 0 Å². The van der Waals surface area contributed by atoms with E-state index in [0.29, 0.717) is 0 Å². The van der Waals surface area contributed by atoms with Crippen molar-refractivity contribution in [2.24, 2.45) is 0 Å². The Morgan fingerprint density at radius 2 is 1.29 bits per heavy atom. The van der Waals surface area contributed by atoms with Gasteiger partial charge in [-0.05, 0) is 0 Å². The summed E-state index contributed by atoms with van der Waals surface area (Å²) in [5, 5.41) is 1.97. The number of hydrogen-bond acceptors (Lipinski definition) is 0. The second kappa shape index (κ2) is 6.35. The molecular weight excluding hydrogens is 348 g/mol. The molecule has 0 amide bonds. The summed E-state index contributed by atoms with van der Waals surface area (Å²) in [6.07, 6.45) is 12.6. The Labute approximate surface area is 118 Å². The maximum atomic E-state index is 3.44. The molecule has 0 radical (unpaired) electrons. The molecule has 0 spiro atoms. The fraction of sp³-hybridized carbons (Fsp3) is 0.455. The summed E-state index contributed by atoms with van der Waals surface area (Å²) in [6.45, 7) is 2.86. The van der Waals surface area contributed by atoms with Gasteiger partial charge in [0.15, 0.2) is 0 Å². The van der Waals surface area contributed by atoms with E-state index in [1.54, 1.807) is 0 Å². The van der Waals surface area contributed by atoms with Gasteiger partial charge in [-0.3, -0.25) is 0 Å². The van der Waals surface area contributed by atoms with Crippen molar-refractivity contribution in [3.05, 3.63) is 37.4 Å². The van der Waals surface area contributed by atoms with Gasteiger partial charge >= 0.3 is 0 Å². The molecule has 0 aliphatic rings. The van der Waals surface area contributed by atoms with Crippen LogP contribution in [0.5, 0.6) is 0 Å². The van der Waals surface area contributed by atoms with E-state index in [0.717, 1.165) is 30.4 Å².